The van der Waals surface area contributed by atoms with Crippen molar-refractivity contribution >= 4 is 46.2 Å². The highest BCUT2D eigenvalue weighted by Gasteiger charge is 2.15. The summed E-state index contributed by atoms with van der Waals surface area (Å²) in [7, 11) is 0. The van der Waals surface area contributed by atoms with Crippen molar-refractivity contribution in [1.82, 2.24) is 0 Å². The van der Waals surface area contributed by atoms with Gasteiger partial charge >= 0.3 is 5.97 Å². The van der Waals surface area contributed by atoms with E-state index in [1.54, 1.807) is 31.2 Å². The number of halogens is 1. The lowest BCUT2D eigenvalue weighted by atomic mass is 10.1. The number of esters is 1. The summed E-state index contributed by atoms with van der Waals surface area (Å²) in [4.78, 5) is 24.3. The number of nitrogens with one attached hydrogen (secondary N) is 1. The van der Waals surface area contributed by atoms with Crippen molar-refractivity contribution in [3.8, 4) is 23.6 Å². The fraction of sp³-hybridized carbons (Fsp3) is 0.217. The van der Waals surface area contributed by atoms with Crippen LogP contribution in [0.4, 0.5) is 5.69 Å². The summed E-state index contributed by atoms with van der Waals surface area (Å²) in [6.45, 7) is 4.03. The molecule has 0 aliphatic carbocycles. The van der Waals surface area contributed by atoms with Crippen LogP contribution in [0.1, 0.15) is 29.8 Å². The highest BCUT2D eigenvalue weighted by atomic mass is 127. The highest BCUT2D eigenvalue weighted by Crippen LogP contribution is 2.35. The second-order valence-electron chi connectivity index (χ2n) is 6.13. The number of carbonyl (C=O) groups excluding carboxylic acids is 2. The molecular weight excluding hydrogens is 525 g/mol. The molecule has 0 heterocycles. The zero-order valence-electron chi connectivity index (χ0n) is 17.5. The largest absolute Gasteiger partial charge is 0.490 e. The molecule has 0 atom stereocenters. The van der Waals surface area contributed by atoms with Gasteiger partial charge in [0.2, 0.25) is 0 Å². The molecule has 2 rings (SSSR count). The maximum Gasteiger partial charge on any atom is 0.338 e. The van der Waals surface area contributed by atoms with Crippen molar-refractivity contribution in [2.24, 2.45) is 0 Å². The Labute approximate surface area is 199 Å². The summed E-state index contributed by atoms with van der Waals surface area (Å²) >= 11 is 2.03. The van der Waals surface area contributed by atoms with Crippen molar-refractivity contribution in [1.29, 1.82) is 10.5 Å². The molecule has 0 spiro atoms. The average molecular weight is 545 g/mol. The maximum absolute atomic E-state index is 12.6. The predicted octanol–water partition coefficient (Wildman–Crippen LogP) is 4.31. The number of ether oxygens (including phenoxy) is 3. The van der Waals surface area contributed by atoms with Crippen molar-refractivity contribution in [2.45, 2.75) is 13.8 Å². The second kappa shape index (κ2) is 12.3. The topological polar surface area (TPSA) is 121 Å². The van der Waals surface area contributed by atoms with E-state index in [0.29, 0.717) is 38.5 Å². The number of hydrogen-bond acceptors (Lipinski definition) is 7. The fourth-order valence-corrected chi connectivity index (χ4v) is 3.38. The fourth-order valence-electron chi connectivity index (χ4n) is 2.60. The summed E-state index contributed by atoms with van der Waals surface area (Å²) < 4.78 is 16.6. The standard InChI is InChI=1S/C23H20IN3O5/c1-3-30-20-13-15(12-19(24)21(20)32-10-9-25)11-17(14-26)22(28)27-18-7-5-16(6-8-18)23(29)31-4-2/h5-8,11-13H,3-4,10H2,1-2H3,(H,27,28)/b17-11+. The molecule has 32 heavy (non-hydrogen) atoms. The number of nitrogens with zero attached hydrogens (tertiary/aromatic N) is 2. The quantitative estimate of drug-likeness (QED) is 0.216. The average Bonchev–Trinajstić information content (AvgIpc) is 2.77. The normalized spacial score (nSPS) is 10.5. The lowest BCUT2D eigenvalue weighted by Gasteiger charge is -2.13. The second-order valence-corrected chi connectivity index (χ2v) is 7.29. The zero-order chi connectivity index (χ0) is 23.5. The molecule has 164 valence electrons. The van der Waals surface area contributed by atoms with E-state index in [1.165, 1.54) is 18.2 Å². The van der Waals surface area contributed by atoms with E-state index in [-0.39, 0.29) is 18.8 Å². The number of carbonyl (C=O) groups is 2. The van der Waals surface area contributed by atoms with E-state index in [1.807, 2.05) is 41.7 Å². The molecule has 0 unspecified atom stereocenters. The molecule has 8 nitrogen and oxygen atoms in total. The van der Waals surface area contributed by atoms with Gasteiger partial charge in [0.25, 0.3) is 5.91 Å². The van der Waals surface area contributed by atoms with Crippen LogP contribution in [0.2, 0.25) is 0 Å². The van der Waals surface area contributed by atoms with Gasteiger partial charge < -0.3 is 19.5 Å². The molecule has 0 saturated carbocycles. The smallest absolute Gasteiger partial charge is 0.338 e. The Morgan fingerprint density at radius 1 is 1.09 bits per heavy atom. The molecule has 0 bridgehead atoms. The molecule has 2 aromatic carbocycles. The molecule has 1 amide bonds. The summed E-state index contributed by atoms with van der Waals surface area (Å²) in [5, 5.41) is 20.9. The minimum absolute atomic E-state index is 0.122. The van der Waals surface area contributed by atoms with Crippen molar-refractivity contribution in [2.75, 3.05) is 25.1 Å². The van der Waals surface area contributed by atoms with Crippen LogP contribution in [0.15, 0.2) is 42.0 Å². The summed E-state index contributed by atoms with van der Waals surface area (Å²) in [5.74, 6) is -0.219. The Bertz CT molecular complexity index is 1100. The zero-order valence-corrected chi connectivity index (χ0v) is 19.6. The minimum Gasteiger partial charge on any atom is -0.490 e. The molecule has 0 aliphatic rings. The van der Waals surface area contributed by atoms with Gasteiger partial charge in [-0.2, -0.15) is 10.5 Å². The van der Waals surface area contributed by atoms with Crippen LogP contribution in [-0.2, 0) is 9.53 Å². The van der Waals surface area contributed by atoms with Crippen LogP contribution < -0.4 is 14.8 Å². The van der Waals surface area contributed by atoms with Crippen LogP contribution in [0.5, 0.6) is 11.5 Å². The molecular formula is C23H20IN3O5. The molecule has 0 fully saturated rings. The third-order valence-electron chi connectivity index (χ3n) is 3.94. The van der Waals surface area contributed by atoms with Gasteiger partial charge in [-0.3, -0.25) is 4.79 Å². The van der Waals surface area contributed by atoms with E-state index in [0.717, 1.165) is 0 Å². The Balaban J connectivity index is 2.25. The first-order chi connectivity index (χ1) is 15.4. The van der Waals surface area contributed by atoms with Gasteiger partial charge in [-0.15, -0.1) is 0 Å². The first kappa shape index (κ1) is 24.7. The highest BCUT2D eigenvalue weighted by molar-refractivity contribution is 14.1. The Kier molecular flexibility index (Phi) is 9.51. The molecule has 0 saturated heterocycles. The molecule has 9 heteroatoms. The van der Waals surface area contributed by atoms with Crippen molar-refractivity contribution < 1.29 is 23.8 Å². The molecule has 2 aromatic rings. The van der Waals surface area contributed by atoms with Crippen LogP contribution in [0.3, 0.4) is 0 Å². The number of hydrogen-bond donors (Lipinski definition) is 1. The number of anilines is 1. The third kappa shape index (κ3) is 6.72. The van der Waals surface area contributed by atoms with Crippen LogP contribution in [0.25, 0.3) is 6.08 Å². The lowest BCUT2D eigenvalue weighted by Crippen LogP contribution is -2.13. The summed E-state index contributed by atoms with van der Waals surface area (Å²) in [6.07, 6.45) is 1.43. The van der Waals surface area contributed by atoms with Crippen LogP contribution in [0, 0.1) is 26.2 Å². The van der Waals surface area contributed by atoms with Gasteiger partial charge in [0.05, 0.1) is 22.3 Å². The van der Waals surface area contributed by atoms with Gasteiger partial charge in [0, 0.05) is 5.69 Å². The monoisotopic (exact) mass is 545 g/mol. The van der Waals surface area contributed by atoms with Crippen molar-refractivity contribution in [3.63, 3.8) is 0 Å². The summed E-state index contributed by atoms with van der Waals surface area (Å²) in [6, 6.07) is 13.3. The third-order valence-corrected chi connectivity index (χ3v) is 4.74. The lowest BCUT2D eigenvalue weighted by molar-refractivity contribution is -0.112. The van der Waals surface area contributed by atoms with E-state index in [9.17, 15) is 14.9 Å². The SMILES string of the molecule is CCOC(=O)c1ccc(NC(=O)/C(C#N)=C/c2cc(I)c(OCC#N)c(OCC)c2)cc1. The van der Waals surface area contributed by atoms with E-state index >= 15 is 0 Å². The van der Waals surface area contributed by atoms with Gasteiger partial charge in [-0.05, 0) is 84.5 Å². The minimum atomic E-state index is -0.603. The number of benzene rings is 2. The summed E-state index contributed by atoms with van der Waals surface area (Å²) in [5.41, 5.74) is 1.22. The van der Waals surface area contributed by atoms with Gasteiger partial charge in [-0.25, -0.2) is 4.79 Å². The van der Waals surface area contributed by atoms with Crippen LogP contribution in [-0.4, -0.2) is 31.7 Å². The molecule has 0 radical (unpaired) electrons. The van der Waals surface area contributed by atoms with Crippen LogP contribution >= 0.6 is 22.6 Å². The van der Waals surface area contributed by atoms with Crippen molar-refractivity contribution in [3.05, 3.63) is 56.7 Å². The van der Waals surface area contributed by atoms with Gasteiger partial charge in [0.1, 0.15) is 17.7 Å². The number of nitriles is 2. The maximum atomic E-state index is 12.6. The Morgan fingerprint density at radius 3 is 2.41 bits per heavy atom. The van der Waals surface area contributed by atoms with Gasteiger partial charge in [-0.1, -0.05) is 0 Å². The van der Waals surface area contributed by atoms with E-state index in [2.05, 4.69) is 5.32 Å². The first-order valence-electron chi connectivity index (χ1n) is 9.59. The number of rotatable bonds is 9. The molecule has 0 aliphatic heterocycles. The first-order valence-corrected chi connectivity index (χ1v) is 10.7. The predicted molar refractivity (Wildman–Crippen MR) is 126 cm³/mol. The number of amides is 1. The molecule has 1 N–H and O–H groups in total. The van der Waals surface area contributed by atoms with E-state index in [4.69, 9.17) is 19.5 Å². The molecule has 0 aromatic heterocycles. The Morgan fingerprint density at radius 2 is 1.81 bits per heavy atom. The Hall–Kier alpha value is -3.57. The van der Waals surface area contributed by atoms with E-state index < -0.39 is 11.9 Å². The van der Waals surface area contributed by atoms with Gasteiger partial charge in [0.15, 0.2) is 18.1 Å².